The number of fused-ring (bicyclic) bond motifs is 1. The average Bonchev–Trinajstić information content (AvgIpc) is 2.67. The van der Waals surface area contributed by atoms with Gasteiger partial charge in [-0.25, -0.2) is 4.98 Å². The average molecular weight is 280 g/mol. The zero-order valence-corrected chi connectivity index (χ0v) is 12.7. The molecule has 0 radical (unpaired) electrons. The van der Waals surface area contributed by atoms with Gasteiger partial charge in [-0.2, -0.15) is 0 Å². The molecule has 1 aromatic carbocycles. The van der Waals surface area contributed by atoms with Crippen molar-refractivity contribution in [1.82, 2.24) is 14.9 Å². The number of aryl methyl sites for hydroxylation is 1. The summed E-state index contributed by atoms with van der Waals surface area (Å²) >= 11 is 6.04. The number of nitrogens with zero attached hydrogens (tertiary/aromatic N) is 2. The van der Waals surface area contributed by atoms with Crippen LogP contribution in [-0.2, 0) is 13.1 Å². The monoisotopic (exact) mass is 279 g/mol. The Hall–Kier alpha value is -1.06. The number of nitrogens with one attached hydrogen (secondary N) is 1. The molecule has 104 valence electrons. The van der Waals surface area contributed by atoms with E-state index in [1.807, 2.05) is 12.1 Å². The summed E-state index contributed by atoms with van der Waals surface area (Å²) in [7, 11) is 0. The molecule has 0 saturated carbocycles. The minimum absolute atomic E-state index is 0.651. The molecule has 0 fully saturated rings. The molecule has 0 aliphatic carbocycles. The number of hydrogen-bond acceptors (Lipinski definition) is 2. The Morgan fingerprint density at radius 1 is 1.37 bits per heavy atom. The fourth-order valence-corrected chi connectivity index (χ4v) is 2.40. The van der Waals surface area contributed by atoms with Crippen LogP contribution in [0.3, 0.4) is 0 Å². The zero-order valence-electron chi connectivity index (χ0n) is 11.9. The van der Waals surface area contributed by atoms with Crippen molar-refractivity contribution in [2.24, 2.45) is 5.92 Å². The summed E-state index contributed by atoms with van der Waals surface area (Å²) in [6, 6.07) is 5.93. The number of halogens is 1. The minimum Gasteiger partial charge on any atom is -0.327 e. The van der Waals surface area contributed by atoms with E-state index in [0.717, 1.165) is 42.4 Å². The Labute approximate surface area is 120 Å². The molecule has 1 heterocycles. The van der Waals surface area contributed by atoms with Crippen LogP contribution in [0.5, 0.6) is 0 Å². The van der Waals surface area contributed by atoms with Crippen LogP contribution in [-0.4, -0.2) is 16.1 Å². The Balaban J connectivity index is 2.27. The van der Waals surface area contributed by atoms with Gasteiger partial charge in [0.2, 0.25) is 0 Å². The third-order valence-electron chi connectivity index (χ3n) is 3.07. The molecule has 0 aliphatic rings. The van der Waals surface area contributed by atoms with Crippen LogP contribution < -0.4 is 5.32 Å². The fraction of sp³-hybridized carbons (Fsp3) is 0.533. The van der Waals surface area contributed by atoms with Gasteiger partial charge >= 0.3 is 0 Å². The number of benzene rings is 1. The van der Waals surface area contributed by atoms with E-state index in [-0.39, 0.29) is 0 Å². The van der Waals surface area contributed by atoms with Gasteiger partial charge in [0, 0.05) is 11.6 Å². The lowest BCUT2D eigenvalue weighted by atomic mass is 10.2. The van der Waals surface area contributed by atoms with Crippen LogP contribution in [0.2, 0.25) is 5.02 Å². The molecule has 0 bridgehead atoms. The van der Waals surface area contributed by atoms with Gasteiger partial charge in [0.05, 0.1) is 17.6 Å². The van der Waals surface area contributed by atoms with E-state index in [4.69, 9.17) is 16.6 Å². The summed E-state index contributed by atoms with van der Waals surface area (Å²) in [5.41, 5.74) is 2.16. The maximum absolute atomic E-state index is 6.04. The molecule has 1 N–H and O–H groups in total. The van der Waals surface area contributed by atoms with Crippen molar-refractivity contribution in [3.63, 3.8) is 0 Å². The molecule has 1 aromatic heterocycles. The maximum Gasteiger partial charge on any atom is 0.123 e. The predicted molar refractivity (Wildman–Crippen MR) is 81.6 cm³/mol. The summed E-state index contributed by atoms with van der Waals surface area (Å²) in [5.74, 6) is 1.75. The van der Waals surface area contributed by atoms with Crippen molar-refractivity contribution in [3.05, 3.63) is 29.0 Å². The van der Waals surface area contributed by atoms with E-state index in [1.54, 1.807) is 0 Å². The van der Waals surface area contributed by atoms with E-state index in [9.17, 15) is 0 Å². The quantitative estimate of drug-likeness (QED) is 0.870. The normalized spacial score (nSPS) is 11.6. The molecule has 0 atom stereocenters. The lowest BCUT2D eigenvalue weighted by Gasteiger charge is -2.10. The summed E-state index contributed by atoms with van der Waals surface area (Å²) in [6.45, 7) is 9.42. The van der Waals surface area contributed by atoms with Gasteiger partial charge in [0.25, 0.3) is 0 Å². The van der Waals surface area contributed by atoms with Crippen LogP contribution >= 0.6 is 11.6 Å². The topological polar surface area (TPSA) is 29.9 Å². The van der Waals surface area contributed by atoms with Crippen LogP contribution in [0.25, 0.3) is 11.0 Å². The molecule has 2 aromatic rings. The highest BCUT2D eigenvalue weighted by Crippen LogP contribution is 2.21. The molecule has 0 amide bonds. The first-order chi connectivity index (χ1) is 9.11. The summed E-state index contributed by atoms with van der Waals surface area (Å²) < 4.78 is 2.29. The molecule has 0 spiro atoms. The number of rotatable bonds is 6. The Morgan fingerprint density at radius 2 is 2.16 bits per heavy atom. The predicted octanol–water partition coefficient (Wildman–Crippen LogP) is 3.85. The first-order valence-corrected chi connectivity index (χ1v) is 7.35. The van der Waals surface area contributed by atoms with Crippen LogP contribution in [0.1, 0.15) is 33.0 Å². The van der Waals surface area contributed by atoms with Crippen LogP contribution in [0.15, 0.2) is 18.2 Å². The van der Waals surface area contributed by atoms with Gasteiger partial charge in [-0.05, 0) is 37.1 Å². The first kappa shape index (κ1) is 14.4. The van der Waals surface area contributed by atoms with Gasteiger partial charge in [0.1, 0.15) is 5.82 Å². The SMILES string of the molecule is CCCn1c(CNCC(C)C)nc2cc(Cl)ccc21. The molecule has 0 saturated heterocycles. The highest BCUT2D eigenvalue weighted by atomic mass is 35.5. The smallest absolute Gasteiger partial charge is 0.123 e. The molecule has 19 heavy (non-hydrogen) atoms. The minimum atomic E-state index is 0.651. The zero-order chi connectivity index (χ0) is 13.8. The molecule has 3 nitrogen and oxygen atoms in total. The molecular weight excluding hydrogens is 258 g/mol. The number of hydrogen-bond donors (Lipinski definition) is 1. The molecular formula is C15H22ClN3. The third kappa shape index (κ3) is 3.48. The third-order valence-corrected chi connectivity index (χ3v) is 3.31. The van der Waals surface area contributed by atoms with E-state index in [2.05, 4.69) is 36.7 Å². The van der Waals surface area contributed by atoms with Crippen molar-refractivity contribution >= 4 is 22.6 Å². The molecule has 0 unspecified atom stereocenters. The number of aromatic nitrogens is 2. The van der Waals surface area contributed by atoms with Crippen molar-refractivity contribution in [2.75, 3.05) is 6.54 Å². The Bertz CT molecular complexity index is 546. The van der Waals surface area contributed by atoms with Gasteiger partial charge in [-0.15, -0.1) is 0 Å². The van der Waals surface area contributed by atoms with Crippen LogP contribution in [0, 0.1) is 5.92 Å². The van der Waals surface area contributed by atoms with E-state index < -0.39 is 0 Å². The van der Waals surface area contributed by atoms with Crippen molar-refractivity contribution < 1.29 is 0 Å². The molecule has 2 rings (SSSR count). The second-order valence-corrected chi connectivity index (χ2v) is 5.77. The maximum atomic E-state index is 6.04. The summed E-state index contributed by atoms with van der Waals surface area (Å²) in [5, 5.41) is 4.20. The van der Waals surface area contributed by atoms with Crippen molar-refractivity contribution in [1.29, 1.82) is 0 Å². The van der Waals surface area contributed by atoms with Gasteiger partial charge in [0.15, 0.2) is 0 Å². The second kappa shape index (κ2) is 6.40. The van der Waals surface area contributed by atoms with Crippen molar-refractivity contribution in [2.45, 2.75) is 40.3 Å². The fourth-order valence-electron chi connectivity index (χ4n) is 2.23. The highest BCUT2D eigenvalue weighted by molar-refractivity contribution is 6.31. The van der Waals surface area contributed by atoms with Gasteiger partial charge < -0.3 is 9.88 Å². The van der Waals surface area contributed by atoms with Gasteiger partial charge in [-0.3, -0.25) is 0 Å². The second-order valence-electron chi connectivity index (χ2n) is 5.34. The summed E-state index contributed by atoms with van der Waals surface area (Å²) in [6.07, 6.45) is 1.10. The largest absolute Gasteiger partial charge is 0.327 e. The first-order valence-electron chi connectivity index (χ1n) is 6.97. The van der Waals surface area contributed by atoms with E-state index in [0.29, 0.717) is 5.92 Å². The summed E-state index contributed by atoms with van der Waals surface area (Å²) in [4.78, 5) is 4.70. The standard InChI is InChI=1S/C15H22ClN3/c1-4-7-19-14-6-5-12(16)8-13(14)18-15(19)10-17-9-11(2)3/h5-6,8,11,17H,4,7,9-10H2,1-3H3. The van der Waals surface area contributed by atoms with Crippen LogP contribution in [0.4, 0.5) is 0 Å². The Kier molecular flexibility index (Phi) is 4.83. The Morgan fingerprint density at radius 3 is 2.84 bits per heavy atom. The van der Waals surface area contributed by atoms with E-state index >= 15 is 0 Å². The lowest BCUT2D eigenvalue weighted by Crippen LogP contribution is -2.21. The van der Waals surface area contributed by atoms with E-state index in [1.165, 1.54) is 5.52 Å². The van der Waals surface area contributed by atoms with Crippen molar-refractivity contribution in [3.8, 4) is 0 Å². The van der Waals surface area contributed by atoms with Gasteiger partial charge in [-0.1, -0.05) is 32.4 Å². The highest BCUT2D eigenvalue weighted by Gasteiger charge is 2.10. The molecule has 4 heteroatoms. The lowest BCUT2D eigenvalue weighted by molar-refractivity contribution is 0.528. The molecule has 0 aliphatic heterocycles. The number of imidazole rings is 1.